The van der Waals surface area contributed by atoms with Crippen LogP contribution in [0.1, 0.15) is 52.8 Å². The van der Waals surface area contributed by atoms with Crippen LogP contribution in [0.5, 0.6) is 0 Å². The Labute approximate surface area is 162 Å². The van der Waals surface area contributed by atoms with E-state index in [4.69, 9.17) is 23.2 Å². The third kappa shape index (κ3) is 4.74. The molecule has 0 saturated heterocycles. The summed E-state index contributed by atoms with van der Waals surface area (Å²) in [4.78, 5) is 28.7. The Morgan fingerprint density at radius 2 is 1.77 bits per heavy atom. The zero-order chi connectivity index (χ0) is 18.5. The van der Waals surface area contributed by atoms with Gasteiger partial charge < -0.3 is 10.6 Å². The maximum absolute atomic E-state index is 12.6. The highest BCUT2D eigenvalue weighted by atomic mass is 35.5. The lowest BCUT2D eigenvalue weighted by Crippen LogP contribution is -2.36. The predicted molar refractivity (Wildman–Crippen MR) is 103 cm³/mol. The average molecular weight is 392 g/mol. The quantitative estimate of drug-likeness (QED) is 0.741. The number of carbonyl (C=O) groups excluding carboxylic acids is 2. The molecule has 2 amide bonds. The summed E-state index contributed by atoms with van der Waals surface area (Å²) in [5.41, 5.74) is 1.22. The van der Waals surface area contributed by atoms with Gasteiger partial charge in [0.1, 0.15) is 5.15 Å². The Morgan fingerprint density at radius 1 is 1.00 bits per heavy atom. The van der Waals surface area contributed by atoms with Crippen LogP contribution in [0.3, 0.4) is 0 Å². The minimum atomic E-state index is -0.338. The van der Waals surface area contributed by atoms with Crippen molar-refractivity contribution < 1.29 is 9.59 Å². The van der Waals surface area contributed by atoms with Gasteiger partial charge in [-0.2, -0.15) is 0 Å². The molecular formula is C19H19Cl2N3O2. The number of amides is 2. The summed E-state index contributed by atoms with van der Waals surface area (Å²) in [5.74, 6) is -0.555. The zero-order valence-corrected chi connectivity index (χ0v) is 15.6. The van der Waals surface area contributed by atoms with Crippen molar-refractivity contribution in [2.45, 2.75) is 38.1 Å². The van der Waals surface area contributed by atoms with Gasteiger partial charge in [-0.15, -0.1) is 0 Å². The normalized spacial score (nSPS) is 14.7. The number of hydrogen-bond donors (Lipinski definition) is 2. The average Bonchev–Trinajstić information content (AvgIpc) is 2.64. The van der Waals surface area contributed by atoms with Crippen molar-refractivity contribution in [1.82, 2.24) is 10.3 Å². The third-order valence-corrected chi connectivity index (χ3v) is 4.93. The Bertz CT molecular complexity index is 820. The highest BCUT2D eigenvalue weighted by Gasteiger charge is 2.19. The van der Waals surface area contributed by atoms with Crippen molar-refractivity contribution in [2.75, 3.05) is 5.32 Å². The van der Waals surface area contributed by atoms with Gasteiger partial charge in [0.2, 0.25) is 0 Å². The number of benzene rings is 1. The summed E-state index contributed by atoms with van der Waals surface area (Å²) in [6, 6.07) is 8.07. The van der Waals surface area contributed by atoms with E-state index in [0.29, 0.717) is 21.8 Å². The molecule has 1 aliphatic rings. The second kappa shape index (κ2) is 8.52. The SMILES string of the molecule is O=C(Nc1ccc(Cl)c(C(=O)NC2CCCCC2)c1)c1ccnc(Cl)c1. The van der Waals surface area contributed by atoms with Gasteiger partial charge in [-0.3, -0.25) is 9.59 Å². The molecule has 136 valence electrons. The van der Waals surface area contributed by atoms with Gasteiger partial charge in [0, 0.05) is 23.5 Å². The lowest BCUT2D eigenvalue weighted by molar-refractivity contribution is 0.0926. The molecule has 1 aromatic heterocycles. The number of carbonyl (C=O) groups is 2. The summed E-state index contributed by atoms with van der Waals surface area (Å²) in [7, 11) is 0. The third-order valence-electron chi connectivity index (χ3n) is 4.40. The molecule has 1 heterocycles. The second-order valence-corrected chi connectivity index (χ2v) is 7.12. The van der Waals surface area contributed by atoms with Crippen molar-refractivity contribution in [1.29, 1.82) is 0 Å². The highest BCUT2D eigenvalue weighted by Crippen LogP contribution is 2.23. The monoisotopic (exact) mass is 391 g/mol. The molecule has 0 unspecified atom stereocenters. The van der Waals surface area contributed by atoms with Gasteiger partial charge in [0.15, 0.2) is 0 Å². The summed E-state index contributed by atoms with van der Waals surface area (Å²) in [5, 5.41) is 6.37. The number of nitrogens with zero attached hydrogens (tertiary/aromatic N) is 1. The minimum absolute atomic E-state index is 0.185. The number of rotatable bonds is 4. The topological polar surface area (TPSA) is 71.1 Å². The summed E-state index contributed by atoms with van der Waals surface area (Å²) in [6.45, 7) is 0. The van der Waals surface area contributed by atoms with Gasteiger partial charge in [0.05, 0.1) is 10.6 Å². The minimum Gasteiger partial charge on any atom is -0.349 e. The van der Waals surface area contributed by atoms with Crippen molar-refractivity contribution in [3.05, 3.63) is 57.8 Å². The first-order valence-corrected chi connectivity index (χ1v) is 9.32. The molecule has 26 heavy (non-hydrogen) atoms. The van der Waals surface area contributed by atoms with Crippen molar-refractivity contribution in [3.8, 4) is 0 Å². The van der Waals surface area contributed by atoms with Crippen LogP contribution >= 0.6 is 23.2 Å². The van der Waals surface area contributed by atoms with E-state index < -0.39 is 0 Å². The lowest BCUT2D eigenvalue weighted by atomic mass is 9.95. The molecular weight excluding hydrogens is 373 g/mol. The van der Waals surface area contributed by atoms with Crippen molar-refractivity contribution in [2.24, 2.45) is 0 Å². The first kappa shape index (κ1) is 18.7. The van der Waals surface area contributed by atoms with Gasteiger partial charge in [0.25, 0.3) is 11.8 Å². The Hall–Kier alpha value is -2.11. The van der Waals surface area contributed by atoms with E-state index in [1.807, 2.05) is 0 Å². The van der Waals surface area contributed by atoms with Gasteiger partial charge in [-0.05, 0) is 43.2 Å². The van der Waals surface area contributed by atoms with E-state index in [-0.39, 0.29) is 23.0 Å². The fourth-order valence-corrected chi connectivity index (χ4v) is 3.41. The van der Waals surface area contributed by atoms with Crippen LogP contribution in [-0.4, -0.2) is 22.8 Å². The van der Waals surface area contributed by atoms with Crippen LogP contribution < -0.4 is 10.6 Å². The number of nitrogens with one attached hydrogen (secondary N) is 2. The highest BCUT2D eigenvalue weighted by molar-refractivity contribution is 6.34. The predicted octanol–water partition coefficient (Wildman–Crippen LogP) is 4.70. The van der Waals surface area contributed by atoms with E-state index in [9.17, 15) is 9.59 Å². The number of hydrogen-bond acceptors (Lipinski definition) is 3. The smallest absolute Gasteiger partial charge is 0.255 e. The number of aromatic nitrogens is 1. The van der Waals surface area contributed by atoms with Crippen LogP contribution in [-0.2, 0) is 0 Å². The van der Waals surface area contributed by atoms with E-state index in [0.717, 1.165) is 25.7 Å². The molecule has 0 bridgehead atoms. The van der Waals surface area contributed by atoms with Crippen LogP contribution in [0, 0.1) is 0 Å². The van der Waals surface area contributed by atoms with Crippen molar-refractivity contribution in [3.63, 3.8) is 0 Å². The molecule has 0 radical (unpaired) electrons. The fourth-order valence-electron chi connectivity index (χ4n) is 3.03. The maximum atomic E-state index is 12.6. The largest absolute Gasteiger partial charge is 0.349 e. The molecule has 0 spiro atoms. The van der Waals surface area contributed by atoms with E-state index in [1.54, 1.807) is 24.3 Å². The molecule has 1 fully saturated rings. The Kier molecular flexibility index (Phi) is 6.12. The summed E-state index contributed by atoms with van der Waals surface area (Å²) < 4.78 is 0. The molecule has 1 aliphatic carbocycles. The lowest BCUT2D eigenvalue weighted by Gasteiger charge is -2.23. The Balaban J connectivity index is 1.72. The zero-order valence-electron chi connectivity index (χ0n) is 14.1. The molecule has 5 nitrogen and oxygen atoms in total. The second-order valence-electron chi connectivity index (χ2n) is 6.32. The van der Waals surface area contributed by atoms with E-state index >= 15 is 0 Å². The van der Waals surface area contributed by atoms with Gasteiger partial charge in [-0.1, -0.05) is 42.5 Å². The molecule has 1 aromatic carbocycles. The number of anilines is 1. The molecule has 0 atom stereocenters. The van der Waals surface area contributed by atoms with Crippen LogP contribution in [0.25, 0.3) is 0 Å². The standard InChI is InChI=1S/C19H19Cl2N3O2/c20-16-7-6-14(24-18(25)12-8-9-22-17(21)10-12)11-15(16)19(26)23-13-4-2-1-3-5-13/h6-11,13H,1-5H2,(H,23,26)(H,24,25). The molecule has 1 saturated carbocycles. The molecule has 0 aliphatic heterocycles. The first-order chi connectivity index (χ1) is 12.5. The maximum Gasteiger partial charge on any atom is 0.255 e. The molecule has 2 N–H and O–H groups in total. The fraction of sp³-hybridized carbons (Fsp3) is 0.316. The molecule has 3 rings (SSSR count). The van der Waals surface area contributed by atoms with Crippen LogP contribution in [0.15, 0.2) is 36.5 Å². The van der Waals surface area contributed by atoms with E-state index in [1.165, 1.54) is 18.7 Å². The molecule has 7 heteroatoms. The summed E-state index contributed by atoms with van der Waals surface area (Å²) >= 11 is 12.0. The van der Waals surface area contributed by atoms with Crippen molar-refractivity contribution >= 4 is 40.7 Å². The van der Waals surface area contributed by atoms with Crippen LogP contribution in [0.2, 0.25) is 10.2 Å². The van der Waals surface area contributed by atoms with Gasteiger partial charge >= 0.3 is 0 Å². The van der Waals surface area contributed by atoms with E-state index in [2.05, 4.69) is 15.6 Å². The molecule has 2 aromatic rings. The number of pyridine rings is 1. The summed E-state index contributed by atoms with van der Waals surface area (Å²) in [6.07, 6.45) is 6.91. The van der Waals surface area contributed by atoms with Gasteiger partial charge in [-0.25, -0.2) is 4.98 Å². The van der Waals surface area contributed by atoms with Crippen LogP contribution in [0.4, 0.5) is 5.69 Å². The first-order valence-electron chi connectivity index (χ1n) is 8.56. The Morgan fingerprint density at radius 3 is 2.50 bits per heavy atom. The number of halogens is 2.